The van der Waals surface area contributed by atoms with Crippen molar-refractivity contribution in [3.63, 3.8) is 0 Å². The van der Waals surface area contributed by atoms with Crippen LogP contribution in [0.25, 0.3) is 0 Å². The van der Waals surface area contributed by atoms with E-state index < -0.39 is 46.8 Å². The summed E-state index contributed by atoms with van der Waals surface area (Å²) in [5.74, 6) is -2.26. The Hall–Kier alpha value is -2.48. The van der Waals surface area contributed by atoms with Gasteiger partial charge in [-0.15, -0.1) is 0 Å². The molecule has 0 N–H and O–H groups in total. The van der Waals surface area contributed by atoms with Crippen molar-refractivity contribution in [2.75, 3.05) is 13.7 Å². The molecule has 2 fully saturated rings. The number of esters is 2. The van der Waals surface area contributed by atoms with Gasteiger partial charge in [0.05, 0.1) is 6.61 Å². The summed E-state index contributed by atoms with van der Waals surface area (Å²) in [4.78, 5) is 51.4. The number of rotatable bonds is 3. The second kappa shape index (κ2) is 6.51. The van der Waals surface area contributed by atoms with Crippen molar-refractivity contribution < 1.29 is 37.8 Å². The predicted octanol–water partition coefficient (Wildman–Crippen LogP) is 2.69. The van der Waals surface area contributed by atoms with Crippen LogP contribution in [0, 0.1) is 22.7 Å². The van der Waals surface area contributed by atoms with Crippen molar-refractivity contribution in [1.82, 2.24) is 0 Å². The maximum atomic E-state index is 13.8. The highest BCUT2D eigenvalue weighted by Crippen LogP contribution is 2.67. The van der Waals surface area contributed by atoms with E-state index in [0.717, 1.165) is 0 Å². The largest absolute Gasteiger partial charge is 0.462 e. The standard InChI is InChI=1S/C23H26O8/c1-10(24)30-15-7-22(2)12(5-6-14(22)25)17-19(26)20-16-11(8-29-20)21(27)31-13(9-28-4)18(16)23(15,17)3/h8,12-13,15,17-18H,5-7,9H2,1-4H3/t12?,13?,15-,17?,18?,22?,23?/m0/s1. The molecule has 166 valence electrons. The van der Waals surface area contributed by atoms with E-state index in [9.17, 15) is 19.2 Å². The highest BCUT2D eigenvalue weighted by Gasteiger charge is 2.71. The first-order chi connectivity index (χ1) is 14.6. The van der Waals surface area contributed by atoms with Gasteiger partial charge in [0.15, 0.2) is 5.76 Å². The number of furan rings is 1. The van der Waals surface area contributed by atoms with E-state index in [0.29, 0.717) is 24.8 Å². The minimum atomic E-state index is -0.882. The van der Waals surface area contributed by atoms with Gasteiger partial charge in [-0.25, -0.2) is 4.79 Å². The molecule has 6 unspecified atom stereocenters. The van der Waals surface area contributed by atoms with E-state index in [4.69, 9.17) is 18.6 Å². The minimum absolute atomic E-state index is 0.0962. The van der Waals surface area contributed by atoms with E-state index in [1.165, 1.54) is 20.3 Å². The third-order valence-electron chi connectivity index (χ3n) is 8.32. The normalized spacial score (nSPS) is 40.6. The lowest BCUT2D eigenvalue weighted by Gasteiger charge is -2.59. The number of hydrogen-bond acceptors (Lipinski definition) is 8. The monoisotopic (exact) mass is 430 g/mol. The van der Waals surface area contributed by atoms with Crippen LogP contribution in [-0.4, -0.2) is 49.4 Å². The number of hydrogen-bond donors (Lipinski definition) is 0. The van der Waals surface area contributed by atoms with Gasteiger partial charge in [-0.3, -0.25) is 14.4 Å². The first-order valence-corrected chi connectivity index (χ1v) is 10.7. The maximum Gasteiger partial charge on any atom is 0.342 e. The fourth-order valence-electron chi connectivity index (χ4n) is 6.99. The van der Waals surface area contributed by atoms with Crippen LogP contribution < -0.4 is 0 Å². The van der Waals surface area contributed by atoms with Gasteiger partial charge in [0, 0.05) is 48.7 Å². The Balaban J connectivity index is 1.76. The van der Waals surface area contributed by atoms with Crippen molar-refractivity contribution in [1.29, 1.82) is 0 Å². The van der Waals surface area contributed by atoms with Crippen LogP contribution >= 0.6 is 0 Å². The predicted molar refractivity (Wildman–Crippen MR) is 104 cm³/mol. The zero-order valence-electron chi connectivity index (χ0n) is 18.1. The van der Waals surface area contributed by atoms with Crippen molar-refractivity contribution in [3.8, 4) is 0 Å². The summed E-state index contributed by atoms with van der Waals surface area (Å²) in [7, 11) is 1.52. The number of cyclic esters (lactones) is 1. The van der Waals surface area contributed by atoms with Gasteiger partial charge in [0.25, 0.3) is 0 Å². The molecule has 0 saturated heterocycles. The Kier molecular flexibility index (Phi) is 4.29. The summed E-state index contributed by atoms with van der Waals surface area (Å²) < 4.78 is 22.5. The van der Waals surface area contributed by atoms with Crippen LogP contribution in [0.4, 0.5) is 0 Å². The summed E-state index contributed by atoms with van der Waals surface area (Å²) in [6, 6.07) is 0. The number of ketones is 2. The van der Waals surface area contributed by atoms with Gasteiger partial charge < -0.3 is 18.6 Å². The van der Waals surface area contributed by atoms with E-state index in [-0.39, 0.29) is 35.4 Å². The summed E-state index contributed by atoms with van der Waals surface area (Å²) >= 11 is 0. The van der Waals surface area contributed by atoms with E-state index in [1.807, 2.05) is 13.8 Å². The molecule has 0 bridgehead atoms. The van der Waals surface area contributed by atoms with Gasteiger partial charge in [0.2, 0.25) is 5.78 Å². The van der Waals surface area contributed by atoms with Gasteiger partial charge in [-0.1, -0.05) is 13.8 Å². The average molecular weight is 430 g/mol. The van der Waals surface area contributed by atoms with Gasteiger partial charge in [-0.05, 0) is 18.8 Å². The van der Waals surface area contributed by atoms with Crippen LogP contribution in [0.2, 0.25) is 0 Å². The third kappa shape index (κ3) is 2.45. The number of methoxy groups -OCH3 is 1. The number of carbonyl (C=O) groups excluding carboxylic acids is 4. The van der Waals surface area contributed by atoms with Gasteiger partial charge >= 0.3 is 11.9 Å². The molecule has 3 aliphatic carbocycles. The topological polar surface area (TPSA) is 109 Å². The van der Waals surface area contributed by atoms with Crippen molar-refractivity contribution in [2.24, 2.45) is 22.7 Å². The van der Waals surface area contributed by atoms with Crippen LogP contribution in [0.1, 0.15) is 72.4 Å². The maximum absolute atomic E-state index is 13.8. The molecule has 7 atom stereocenters. The Labute approximate surface area is 179 Å². The summed E-state index contributed by atoms with van der Waals surface area (Å²) in [5, 5.41) is 0. The quantitative estimate of drug-likeness (QED) is 0.674. The highest BCUT2D eigenvalue weighted by molar-refractivity contribution is 6.05. The van der Waals surface area contributed by atoms with E-state index in [1.54, 1.807) is 0 Å². The lowest BCUT2D eigenvalue weighted by atomic mass is 9.44. The van der Waals surface area contributed by atoms with Gasteiger partial charge in [-0.2, -0.15) is 0 Å². The molecule has 4 aliphatic rings. The van der Waals surface area contributed by atoms with Crippen molar-refractivity contribution >= 4 is 23.5 Å². The number of Topliss-reactive ketones (excluding diaryl/α,β-unsaturated/α-hetero) is 2. The lowest BCUT2D eigenvalue weighted by molar-refractivity contribution is -0.184. The molecule has 8 heteroatoms. The van der Waals surface area contributed by atoms with E-state index >= 15 is 0 Å². The lowest BCUT2D eigenvalue weighted by Crippen LogP contribution is -2.64. The molecule has 2 heterocycles. The summed E-state index contributed by atoms with van der Waals surface area (Å²) in [6.45, 7) is 5.27. The summed E-state index contributed by atoms with van der Waals surface area (Å²) in [6.07, 6.45) is 1.24. The second-order valence-corrected chi connectivity index (χ2v) is 9.76. The number of fused-ring (bicyclic) bond motifs is 4. The molecule has 0 amide bonds. The fourth-order valence-corrected chi connectivity index (χ4v) is 6.99. The Morgan fingerprint density at radius 3 is 2.65 bits per heavy atom. The molecule has 1 aromatic heterocycles. The molecule has 2 saturated carbocycles. The van der Waals surface area contributed by atoms with Gasteiger partial charge in [0.1, 0.15) is 29.8 Å². The van der Waals surface area contributed by atoms with E-state index in [2.05, 4.69) is 0 Å². The molecule has 5 rings (SSSR count). The summed E-state index contributed by atoms with van der Waals surface area (Å²) in [5.41, 5.74) is -0.882. The first-order valence-electron chi connectivity index (χ1n) is 10.7. The SMILES string of the molecule is COCC1OC(=O)c2coc3c2C1C1(C)C(C3=O)C2CCC(=O)C2(C)C[C@@H]1OC(C)=O. The molecular weight excluding hydrogens is 404 g/mol. The molecule has 1 aliphatic heterocycles. The zero-order valence-corrected chi connectivity index (χ0v) is 18.1. The minimum Gasteiger partial charge on any atom is -0.462 e. The highest BCUT2D eigenvalue weighted by atomic mass is 16.6. The smallest absolute Gasteiger partial charge is 0.342 e. The Morgan fingerprint density at radius 2 is 1.97 bits per heavy atom. The molecule has 0 aromatic carbocycles. The fraction of sp³-hybridized carbons (Fsp3) is 0.652. The third-order valence-corrected chi connectivity index (χ3v) is 8.32. The van der Waals surface area contributed by atoms with Crippen LogP contribution in [-0.2, 0) is 23.8 Å². The van der Waals surface area contributed by atoms with Crippen LogP contribution in [0.3, 0.4) is 0 Å². The molecule has 1 aromatic rings. The Bertz CT molecular complexity index is 1010. The molecule has 0 spiro atoms. The molecular formula is C23H26O8. The second-order valence-electron chi connectivity index (χ2n) is 9.76. The molecule has 0 radical (unpaired) electrons. The van der Waals surface area contributed by atoms with Crippen LogP contribution in [0.15, 0.2) is 10.7 Å². The average Bonchev–Trinajstić information content (AvgIpc) is 3.25. The molecule has 8 nitrogen and oxygen atoms in total. The first kappa shape index (κ1) is 20.4. The Morgan fingerprint density at radius 1 is 1.23 bits per heavy atom. The van der Waals surface area contributed by atoms with Crippen molar-refractivity contribution in [3.05, 3.63) is 23.2 Å². The van der Waals surface area contributed by atoms with Crippen LogP contribution in [0.5, 0.6) is 0 Å². The number of ether oxygens (including phenoxy) is 3. The zero-order chi connectivity index (χ0) is 22.3. The van der Waals surface area contributed by atoms with Crippen molar-refractivity contribution in [2.45, 2.75) is 58.2 Å². The molecule has 31 heavy (non-hydrogen) atoms. The number of carbonyl (C=O) groups is 4.